The summed E-state index contributed by atoms with van der Waals surface area (Å²) in [6.45, 7) is 0. The van der Waals surface area contributed by atoms with Gasteiger partial charge >= 0.3 is 0 Å². The van der Waals surface area contributed by atoms with Crippen LogP contribution in [0.15, 0.2) is 218 Å². The van der Waals surface area contributed by atoms with E-state index in [0.717, 1.165) is 44.5 Å². The molecule has 7 aliphatic carbocycles. The highest BCUT2D eigenvalue weighted by Gasteiger charge is 2.80. The number of hydrogen-bond acceptors (Lipinski definition) is 0. The molecule has 0 nitrogen and oxygen atoms in total. The predicted molar refractivity (Wildman–Crippen MR) is 284 cm³/mol. The highest BCUT2D eigenvalue weighted by molar-refractivity contribution is 5.56. The van der Waals surface area contributed by atoms with Gasteiger partial charge in [-0.1, -0.05) is 169 Å². The molecule has 4 atom stereocenters. The van der Waals surface area contributed by atoms with Gasteiger partial charge in [-0.25, -0.2) is 0 Å². The van der Waals surface area contributed by atoms with E-state index < -0.39 is 0 Å². The lowest BCUT2D eigenvalue weighted by Crippen LogP contribution is -2.80. The lowest BCUT2D eigenvalue weighted by Gasteiger charge is -2.83. The van der Waals surface area contributed by atoms with Crippen molar-refractivity contribution < 1.29 is 0 Å². The van der Waals surface area contributed by atoms with Crippen LogP contribution in [0.2, 0.25) is 0 Å². The lowest BCUT2D eigenvalue weighted by atomic mass is 9.20. The monoisotopic (exact) mass is 892 g/mol. The van der Waals surface area contributed by atoms with Crippen LogP contribution in [-0.2, 0) is 21.7 Å². The average molecular weight is 893 g/mol. The minimum absolute atomic E-state index is 0.0403. The van der Waals surface area contributed by atoms with Crippen molar-refractivity contribution in [1.82, 2.24) is 0 Å². The fourth-order valence-corrected chi connectivity index (χ4v) is 15.0. The molecule has 0 aromatic heterocycles. The fourth-order valence-electron chi connectivity index (χ4n) is 15.0. The Morgan fingerprint density at radius 3 is 0.657 bits per heavy atom. The van der Waals surface area contributed by atoms with Crippen molar-refractivity contribution in [3.63, 3.8) is 0 Å². The van der Waals surface area contributed by atoms with Crippen molar-refractivity contribution in [2.75, 3.05) is 0 Å². The quantitative estimate of drug-likeness (QED) is 0.154. The summed E-state index contributed by atoms with van der Waals surface area (Å²) >= 11 is 0. The summed E-state index contributed by atoms with van der Waals surface area (Å²) in [4.78, 5) is 0. The maximum Gasteiger partial charge on any atom is 0.0249 e. The van der Waals surface area contributed by atoms with E-state index in [1.165, 1.54) is 60.8 Å². The molecule has 15 rings (SSSR count). The van der Waals surface area contributed by atoms with E-state index >= 15 is 0 Å². The summed E-state index contributed by atoms with van der Waals surface area (Å²) in [6.07, 6.45) is 7.19. The normalized spacial score (nSPS) is 26.9. The predicted octanol–water partition coefficient (Wildman–Crippen LogP) is 14.2. The van der Waals surface area contributed by atoms with Crippen molar-refractivity contribution in [1.29, 1.82) is 0 Å². The summed E-state index contributed by atoms with van der Waals surface area (Å²) in [7, 11) is 0. The van der Waals surface area contributed by atoms with Gasteiger partial charge in [-0.15, -0.1) is 0 Å². The Balaban J connectivity index is 0.934. The molecule has 0 N–H and O–H groups in total. The first-order valence-electron chi connectivity index (χ1n) is 25.2. The third-order valence-corrected chi connectivity index (χ3v) is 17.7. The Kier molecular flexibility index (Phi) is 10.2. The van der Waals surface area contributed by atoms with E-state index in [1.54, 1.807) is 0 Å². The summed E-state index contributed by atoms with van der Waals surface area (Å²) in [6, 6.07) is 79.7. The van der Waals surface area contributed by atoms with Gasteiger partial charge in [-0.2, -0.15) is 0 Å². The first-order chi connectivity index (χ1) is 34.5. The molecule has 0 aliphatic heterocycles. The van der Waals surface area contributed by atoms with E-state index in [4.69, 9.17) is 0 Å². The molecule has 8 aromatic rings. The Morgan fingerprint density at radius 2 is 0.429 bits per heavy atom. The first kappa shape index (κ1) is 42.1. The van der Waals surface area contributed by atoms with E-state index in [-0.39, 0.29) is 21.7 Å². The van der Waals surface area contributed by atoms with Crippen LogP contribution in [-0.4, -0.2) is 0 Å². The second kappa shape index (κ2) is 16.9. The first-order valence-corrected chi connectivity index (χ1v) is 25.2. The molecule has 4 unspecified atom stereocenters. The van der Waals surface area contributed by atoms with E-state index in [1.807, 2.05) is 12.1 Å². The standard InChI is InChI=1S/C70H52/c1-5-13-51(14-6-1)21-25-55-29-37-59(38-30-55)67-45-63-65-47-68(60-39-31-56(32-40-60)26-22-52-15-7-2-8-16-52)48-66(69(65,49-67)61-41-33-57(34-42-61)27-23-53-17-9-3-10-18-53)64(46-67)70(63,50-68)62-43-35-58(36-44-62)28-24-54-19-11-4-12-20-54/h1-20,29-44,63-66H,45-50H2. The Bertz CT molecular complexity index is 3220. The molecule has 0 heteroatoms. The number of rotatable bonds is 4. The molecule has 70 heavy (non-hydrogen) atoms. The lowest BCUT2D eigenvalue weighted by molar-refractivity contribution is -0.253. The smallest absolute Gasteiger partial charge is 0.0249 e. The summed E-state index contributed by atoms with van der Waals surface area (Å²) < 4.78 is 0. The van der Waals surface area contributed by atoms with Crippen molar-refractivity contribution in [2.45, 2.75) is 60.2 Å². The van der Waals surface area contributed by atoms with Crippen LogP contribution >= 0.6 is 0 Å². The zero-order chi connectivity index (χ0) is 46.6. The maximum absolute atomic E-state index is 3.51. The van der Waals surface area contributed by atoms with Crippen LogP contribution in [0, 0.1) is 71.0 Å². The zero-order valence-electron chi connectivity index (χ0n) is 39.3. The number of benzene rings is 8. The van der Waals surface area contributed by atoms with E-state index in [0.29, 0.717) is 23.7 Å². The van der Waals surface area contributed by atoms with Crippen molar-refractivity contribution in [3.05, 3.63) is 285 Å². The van der Waals surface area contributed by atoms with Gasteiger partial charge in [0.1, 0.15) is 0 Å². The molecule has 8 bridgehead atoms. The summed E-state index contributed by atoms with van der Waals surface area (Å²) in [5, 5.41) is 0. The molecule has 0 saturated heterocycles. The van der Waals surface area contributed by atoms with Crippen LogP contribution in [0.1, 0.15) is 105 Å². The molecule has 0 heterocycles. The van der Waals surface area contributed by atoms with Gasteiger partial charge in [-0.05, 0) is 192 Å². The van der Waals surface area contributed by atoms with Crippen molar-refractivity contribution >= 4 is 0 Å². The van der Waals surface area contributed by atoms with Crippen molar-refractivity contribution in [2.24, 2.45) is 23.7 Å². The fraction of sp³-hybridized carbons (Fsp3) is 0.200. The minimum atomic E-state index is 0.0403. The van der Waals surface area contributed by atoms with Crippen LogP contribution in [0.4, 0.5) is 0 Å². The zero-order valence-corrected chi connectivity index (χ0v) is 39.3. The molecule has 332 valence electrons. The largest absolute Gasteiger partial charge is 0.0622 e. The summed E-state index contributed by atoms with van der Waals surface area (Å²) in [5.74, 6) is 29.7. The minimum Gasteiger partial charge on any atom is -0.0622 e. The average Bonchev–Trinajstić information content (AvgIpc) is 3.44. The molecule has 7 saturated carbocycles. The van der Waals surface area contributed by atoms with Crippen molar-refractivity contribution in [3.8, 4) is 47.4 Å². The summed E-state index contributed by atoms with van der Waals surface area (Å²) in [5.41, 5.74) is 14.7. The molecule has 0 amide bonds. The molecule has 7 fully saturated rings. The highest BCUT2D eigenvalue weighted by atomic mass is 14.8. The van der Waals surface area contributed by atoms with Crippen LogP contribution < -0.4 is 0 Å². The van der Waals surface area contributed by atoms with Gasteiger partial charge < -0.3 is 0 Å². The van der Waals surface area contributed by atoms with Gasteiger partial charge in [0.15, 0.2) is 0 Å². The third kappa shape index (κ3) is 7.06. The molecule has 8 aromatic carbocycles. The topological polar surface area (TPSA) is 0 Å². The molecular formula is C70H52. The van der Waals surface area contributed by atoms with Crippen LogP contribution in [0.3, 0.4) is 0 Å². The second-order valence-corrected chi connectivity index (χ2v) is 21.0. The van der Waals surface area contributed by atoms with Gasteiger partial charge in [0.2, 0.25) is 0 Å². The van der Waals surface area contributed by atoms with Gasteiger partial charge in [0.05, 0.1) is 0 Å². The van der Waals surface area contributed by atoms with Gasteiger partial charge in [-0.3, -0.25) is 0 Å². The van der Waals surface area contributed by atoms with E-state index in [9.17, 15) is 0 Å². The highest BCUT2D eigenvalue weighted by Crippen LogP contribution is 2.84. The van der Waals surface area contributed by atoms with Crippen LogP contribution in [0.25, 0.3) is 0 Å². The maximum atomic E-state index is 3.51. The SMILES string of the molecule is C(#Cc1ccc(C23CC4C5CC6(c7ccc(C#Cc8ccccc8)cc7)CC(C(C2)C4(c2ccc(C#Cc4ccccc4)cc2)C6)C5(c2ccc(C#Cc4ccccc4)cc2)C3)cc1)c1ccccc1. The molecular weight excluding hydrogens is 841 g/mol. The van der Waals surface area contributed by atoms with Gasteiger partial charge in [0, 0.05) is 55.3 Å². The molecule has 0 spiro atoms. The third-order valence-electron chi connectivity index (χ3n) is 17.7. The Hall–Kier alpha value is -8.00. The van der Waals surface area contributed by atoms with E-state index in [2.05, 4.69) is 254 Å². The Morgan fingerprint density at radius 1 is 0.229 bits per heavy atom. The van der Waals surface area contributed by atoms with Crippen LogP contribution in [0.5, 0.6) is 0 Å². The van der Waals surface area contributed by atoms with Gasteiger partial charge in [0.25, 0.3) is 0 Å². The second-order valence-electron chi connectivity index (χ2n) is 21.0. The number of hydrogen-bond donors (Lipinski definition) is 0. The molecule has 0 radical (unpaired) electrons. The molecule has 7 aliphatic rings. The Labute approximate surface area is 414 Å².